The SMILES string of the molecule is C/C=C1/[C@H](CO)CC(C)(C)[C@H]1O[Si](C)(C)C(C)(C)C. The van der Waals surface area contributed by atoms with Crippen LogP contribution < -0.4 is 0 Å². The van der Waals surface area contributed by atoms with Gasteiger partial charge in [0.2, 0.25) is 0 Å². The van der Waals surface area contributed by atoms with Crippen molar-refractivity contribution in [3.05, 3.63) is 11.6 Å². The molecule has 0 bridgehead atoms. The molecule has 1 N–H and O–H groups in total. The van der Waals surface area contributed by atoms with Gasteiger partial charge in [0.15, 0.2) is 8.32 Å². The number of aliphatic hydroxyl groups is 1. The zero-order valence-electron chi connectivity index (χ0n) is 14.0. The molecule has 1 saturated carbocycles. The highest BCUT2D eigenvalue weighted by molar-refractivity contribution is 6.74. The fourth-order valence-electron chi connectivity index (χ4n) is 2.78. The summed E-state index contributed by atoms with van der Waals surface area (Å²) in [5.74, 6) is 0.273. The van der Waals surface area contributed by atoms with Gasteiger partial charge in [-0.2, -0.15) is 0 Å². The van der Waals surface area contributed by atoms with Gasteiger partial charge in [0, 0.05) is 12.5 Å². The van der Waals surface area contributed by atoms with Crippen LogP contribution in [0.4, 0.5) is 0 Å². The van der Waals surface area contributed by atoms with Gasteiger partial charge in [-0.3, -0.25) is 0 Å². The molecule has 112 valence electrons. The van der Waals surface area contributed by atoms with Crippen LogP contribution in [0.2, 0.25) is 18.1 Å². The van der Waals surface area contributed by atoms with E-state index in [0.29, 0.717) is 0 Å². The van der Waals surface area contributed by atoms with Crippen LogP contribution in [0.5, 0.6) is 0 Å². The van der Waals surface area contributed by atoms with Gasteiger partial charge in [0.25, 0.3) is 0 Å². The number of hydrogen-bond acceptors (Lipinski definition) is 2. The summed E-state index contributed by atoms with van der Waals surface area (Å²) in [5, 5.41) is 9.81. The molecular weight excluding hydrogens is 252 g/mol. The summed E-state index contributed by atoms with van der Waals surface area (Å²) in [5.41, 5.74) is 1.42. The van der Waals surface area contributed by atoms with Crippen molar-refractivity contribution in [2.75, 3.05) is 6.61 Å². The minimum atomic E-state index is -1.78. The molecule has 0 spiro atoms. The molecule has 19 heavy (non-hydrogen) atoms. The predicted octanol–water partition coefficient (Wildman–Crippen LogP) is 4.36. The molecule has 0 aliphatic heterocycles. The molecule has 1 aliphatic rings. The summed E-state index contributed by atoms with van der Waals surface area (Å²) in [6.07, 6.45) is 3.34. The van der Waals surface area contributed by atoms with Crippen molar-refractivity contribution in [2.45, 2.75) is 72.2 Å². The molecule has 1 fully saturated rings. The molecule has 0 radical (unpaired) electrons. The van der Waals surface area contributed by atoms with Crippen molar-refractivity contribution in [2.24, 2.45) is 11.3 Å². The molecule has 0 aromatic carbocycles. The lowest BCUT2D eigenvalue weighted by atomic mass is 9.88. The van der Waals surface area contributed by atoms with Crippen LogP contribution in [0, 0.1) is 11.3 Å². The minimum Gasteiger partial charge on any atom is -0.410 e. The van der Waals surface area contributed by atoms with Gasteiger partial charge in [0.05, 0.1) is 6.10 Å². The zero-order chi connectivity index (χ0) is 15.1. The van der Waals surface area contributed by atoms with Crippen LogP contribution >= 0.6 is 0 Å². The molecule has 2 atom stereocenters. The second-order valence-corrected chi connectivity index (χ2v) is 12.9. The standard InChI is InChI=1S/C16H32O2Si/c1-9-13-12(11-17)10-16(5,6)14(13)18-19(7,8)15(2,3)4/h9,12,14,17H,10-11H2,1-8H3/b13-9-/t12-,14-/m0/s1. The van der Waals surface area contributed by atoms with Gasteiger partial charge in [0.1, 0.15) is 0 Å². The Labute approximate surface area is 120 Å². The third-order valence-electron chi connectivity index (χ3n) is 5.03. The van der Waals surface area contributed by atoms with Crippen molar-refractivity contribution in [1.29, 1.82) is 0 Å². The molecule has 0 saturated heterocycles. The lowest BCUT2D eigenvalue weighted by Gasteiger charge is -2.42. The first-order valence-corrected chi connectivity index (χ1v) is 10.3. The van der Waals surface area contributed by atoms with Gasteiger partial charge in [-0.05, 0) is 42.5 Å². The van der Waals surface area contributed by atoms with Gasteiger partial charge < -0.3 is 9.53 Å². The van der Waals surface area contributed by atoms with Crippen molar-refractivity contribution in [1.82, 2.24) is 0 Å². The Hall–Kier alpha value is -0.123. The fourth-order valence-corrected chi connectivity index (χ4v) is 4.18. The van der Waals surface area contributed by atoms with E-state index in [0.717, 1.165) is 6.42 Å². The Morgan fingerprint density at radius 1 is 1.37 bits per heavy atom. The second-order valence-electron chi connectivity index (χ2n) is 8.12. The fraction of sp³-hybridized carbons (Fsp3) is 0.875. The molecule has 1 aliphatic carbocycles. The molecular formula is C16H32O2Si. The van der Waals surface area contributed by atoms with Gasteiger partial charge in [-0.1, -0.05) is 40.7 Å². The monoisotopic (exact) mass is 284 g/mol. The van der Waals surface area contributed by atoms with Crippen LogP contribution in [0.15, 0.2) is 11.6 Å². The summed E-state index contributed by atoms with van der Waals surface area (Å²) >= 11 is 0. The maximum atomic E-state index is 9.59. The highest BCUT2D eigenvalue weighted by Gasteiger charge is 2.49. The molecule has 1 rings (SSSR count). The first-order chi connectivity index (χ1) is 8.46. The van der Waals surface area contributed by atoms with Crippen molar-refractivity contribution in [3.8, 4) is 0 Å². The lowest BCUT2D eigenvalue weighted by Crippen LogP contribution is -2.46. The van der Waals surface area contributed by atoms with Gasteiger partial charge >= 0.3 is 0 Å². The average molecular weight is 285 g/mol. The zero-order valence-corrected chi connectivity index (χ0v) is 15.0. The van der Waals surface area contributed by atoms with Crippen molar-refractivity contribution >= 4 is 8.32 Å². The maximum absolute atomic E-state index is 9.59. The Morgan fingerprint density at radius 3 is 2.26 bits per heavy atom. The quantitative estimate of drug-likeness (QED) is 0.616. The van der Waals surface area contributed by atoms with Crippen LogP contribution in [-0.2, 0) is 4.43 Å². The maximum Gasteiger partial charge on any atom is 0.192 e. The number of aliphatic hydroxyl groups excluding tert-OH is 1. The summed E-state index contributed by atoms with van der Waals surface area (Å²) in [6.45, 7) is 18.3. The Balaban J connectivity index is 3.04. The smallest absolute Gasteiger partial charge is 0.192 e. The Kier molecular flexibility index (Phi) is 4.76. The molecule has 0 aromatic heterocycles. The normalized spacial score (nSPS) is 30.1. The highest BCUT2D eigenvalue weighted by Crippen LogP contribution is 2.49. The summed E-state index contributed by atoms with van der Waals surface area (Å²) in [4.78, 5) is 0. The first-order valence-electron chi connectivity index (χ1n) is 7.41. The Morgan fingerprint density at radius 2 is 1.89 bits per heavy atom. The number of allylic oxidation sites excluding steroid dienone is 1. The van der Waals surface area contributed by atoms with E-state index in [1.54, 1.807) is 0 Å². The Bertz CT molecular complexity index is 350. The minimum absolute atomic E-state index is 0.116. The summed E-state index contributed by atoms with van der Waals surface area (Å²) in [7, 11) is -1.78. The first kappa shape index (κ1) is 16.9. The van der Waals surface area contributed by atoms with E-state index in [1.165, 1.54) is 5.57 Å². The van der Waals surface area contributed by atoms with Crippen molar-refractivity contribution < 1.29 is 9.53 Å². The lowest BCUT2D eigenvalue weighted by molar-refractivity contribution is 0.111. The van der Waals surface area contributed by atoms with E-state index >= 15 is 0 Å². The number of rotatable bonds is 3. The van der Waals surface area contributed by atoms with Gasteiger partial charge in [-0.15, -0.1) is 0 Å². The largest absolute Gasteiger partial charge is 0.410 e. The van der Waals surface area contributed by atoms with E-state index < -0.39 is 8.32 Å². The van der Waals surface area contributed by atoms with E-state index in [4.69, 9.17) is 4.43 Å². The average Bonchev–Trinajstić information content (AvgIpc) is 2.48. The number of hydrogen-bond donors (Lipinski definition) is 1. The molecule has 2 nitrogen and oxygen atoms in total. The molecule has 0 unspecified atom stereocenters. The molecule has 0 heterocycles. The van der Waals surface area contributed by atoms with Crippen LogP contribution in [0.3, 0.4) is 0 Å². The van der Waals surface area contributed by atoms with E-state index in [2.05, 4.69) is 60.7 Å². The van der Waals surface area contributed by atoms with Crippen LogP contribution in [-0.4, -0.2) is 26.1 Å². The van der Waals surface area contributed by atoms with E-state index in [9.17, 15) is 5.11 Å². The van der Waals surface area contributed by atoms with Crippen molar-refractivity contribution in [3.63, 3.8) is 0 Å². The van der Waals surface area contributed by atoms with Crippen LogP contribution in [0.25, 0.3) is 0 Å². The second kappa shape index (κ2) is 5.34. The summed E-state index contributed by atoms with van der Waals surface area (Å²) < 4.78 is 6.67. The third-order valence-corrected chi connectivity index (χ3v) is 9.47. The predicted molar refractivity (Wildman–Crippen MR) is 84.8 cm³/mol. The molecule has 0 aromatic rings. The molecule has 0 amide bonds. The summed E-state index contributed by atoms with van der Waals surface area (Å²) in [6, 6.07) is 0. The molecule has 3 heteroatoms. The van der Waals surface area contributed by atoms with Gasteiger partial charge in [-0.25, -0.2) is 0 Å². The van der Waals surface area contributed by atoms with E-state index in [1.807, 2.05) is 0 Å². The highest BCUT2D eigenvalue weighted by atomic mass is 28.4. The third kappa shape index (κ3) is 3.31. The van der Waals surface area contributed by atoms with E-state index in [-0.39, 0.29) is 29.1 Å². The topological polar surface area (TPSA) is 29.5 Å². The van der Waals surface area contributed by atoms with Crippen LogP contribution in [0.1, 0.15) is 48.0 Å².